The average Bonchev–Trinajstić information content (AvgIpc) is 2.42. The van der Waals surface area contributed by atoms with Gasteiger partial charge in [-0.05, 0) is 42.8 Å². The summed E-state index contributed by atoms with van der Waals surface area (Å²) < 4.78 is 5.33. The van der Waals surface area contributed by atoms with Crippen molar-refractivity contribution in [2.24, 2.45) is 0 Å². The summed E-state index contributed by atoms with van der Waals surface area (Å²) in [4.78, 5) is 15.7. The van der Waals surface area contributed by atoms with Gasteiger partial charge in [0.25, 0.3) is 5.91 Å². The van der Waals surface area contributed by atoms with Crippen LogP contribution < -0.4 is 10.1 Å². The predicted molar refractivity (Wildman–Crippen MR) is 79.6 cm³/mol. The van der Waals surface area contributed by atoms with Gasteiger partial charge in [0, 0.05) is 5.02 Å². The number of ether oxygens (including phenoxy) is 1. The lowest BCUT2D eigenvalue weighted by Gasteiger charge is -2.08. The van der Waals surface area contributed by atoms with E-state index in [0.29, 0.717) is 21.6 Å². The van der Waals surface area contributed by atoms with Crippen LogP contribution >= 0.6 is 23.2 Å². The summed E-state index contributed by atoms with van der Waals surface area (Å²) in [6.07, 6.45) is 1.50. The molecule has 0 fully saturated rings. The minimum atomic E-state index is -0.275. The van der Waals surface area contributed by atoms with Crippen molar-refractivity contribution in [3.8, 4) is 5.75 Å². The first kappa shape index (κ1) is 14.6. The number of amides is 1. The zero-order chi connectivity index (χ0) is 14.5. The summed E-state index contributed by atoms with van der Waals surface area (Å²) in [5, 5.41) is 3.71. The van der Waals surface area contributed by atoms with Crippen LogP contribution in [0, 0.1) is 6.92 Å². The second-order valence-corrected chi connectivity index (χ2v) is 4.92. The van der Waals surface area contributed by atoms with Crippen molar-refractivity contribution in [3.63, 3.8) is 0 Å². The van der Waals surface area contributed by atoms with Crippen molar-refractivity contribution < 1.29 is 9.53 Å². The fourth-order valence-electron chi connectivity index (χ4n) is 1.50. The molecule has 0 unspecified atom stereocenters. The molecule has 20 heavy (non-hydrogen) atoms. The number of anilines is 1. The molecule has 0 aliphatic carbocycles. The van der Waals surface area contributed by atoms with E-state index in [9.17, 15) is 4.79 Å². The first-order valence-electron chi connectivity index (χ1n) is 5.85. The molecule has 2 rings (SSSR count). The van der Waals surface area contributed by atoms with Crippen molar-refractivity contribution in [1.29, 1.82) is 0 Å². The van der Waals surface area contributed by atoms with Gasteiger partial charge >= 0.3 is 0 Å². The molecule has 0 aliphatic heterocycles. The van der Waals surface area contributed by atoms with Crippen LogP contribution in [-0.2, 0) is 4.79 Å². The van der Waals surface area contributed by atoms with Crippen molar-refractivity contribution >= 4 is 34.8 Å². The highest BCUT2D eigenvalue weighted by Gasteiger charge is 2.05. The summed E-state index contributed by atoms with van der Waals surface area (Å²) in [7, 11) is 0. The van der Waals surface area contributed by atoms with Gasteiger partial charge in [0.1, 0.15) is 10.9 Å². The Kier molecular flexibility index (Phi) is 4.82. The molecule has 1 heterocycles. The maximum Gasteiger partial charge on any atom is 0.262 e. The second kappa shape index (κ2) is 6.59. The molecule has 0 saturated heterocycles. The molecule has 0 bridgehead atoms. The molecule has 2 aromatic rings. The monoisotopic (exact) mass is 310 g/mol. The van der Waals surface area contributed by atoms with Crippen LogP contribution in [0.5, 0.6) is 5.75 Å². The zero-order valence-corrected chi connectivity index (χ0v) is 12.2. The van der Waals surface area contributed by atoms with E-state index in [1.54, 1.807) is 30.3 Å². The first-order chi connectivity index (χ1) is 9.54. The largest absolute Gasteiger partial charge is 0.484 e. The number of pyridine rings is 1. The number of aromatic nitrogens is 1. The normalized spacial score (nSPS) is 10.2. The predicted octanol–water partition coefficient (Wildman–Crippen LogP) is 3.71. The van der Waals surface area contributed by atoms with Gasteiger partial charge in [-0.2, -0.15) is 0 Å². The van der Waals surface area contributed by atoms with Gasteiger partial charge in [-0.1, -0.05) is 23.2 Å². The molecule has 1 aromatic carbocycles. The topological polar surface area (TPSA) is 51.2 Å². The van der Waals surface area contributed by atoms with Gasteiger partial charge in [0.15, 0.2) is 6.61 Å². The molecular weight excluding hydrogens is 299 g/mol. The number of benzene rings is 1. The molecule has 0 saturated carbocycles. The van der Waals surface area contributed by atoms with Crippen molar-refractivity contribution in [2.45, 2.75) is 6.92 Å². The molecule has 0 aliphatic rings. The third-order valence-electron chi connectivity index (χ3n) is 2.48. The average molecular weight is 311 g/mol. The van der Waals surface area contributed by atoms with Crippen LogP contribution in [0.3, 0.4) is 0 Å². The van der Waals surface area contributed by atoms with Crippen LogP contribution in [0.2, 0.25) is 10.2 Å². The highest BCUT2D eigenvalue weighted by Crippen LogP contribution is 2.17. The second-order valence-electron chi connectivity index (χ2n) is 4.12. The van der Waals surface area contributed by atoms with E-state index in [0.717, 1.165) is 5.56 Å². The third-order valence-corrected chi connectivity index (χ3v) is 3.13. The Hall–Kier alpha value is -1.78. The summed E-state index contributed by atoms with van der Waals surface area (Å²) in [5.41, 5.74) is 1.37. The van der Waals surface area contributed by atoms with E-state index in [-0.39, 0.29) is 12.5 Å². The SMILES string of the molecule is Cc1cc(NC(=O)COc2ccc(Cl)cc2)cnc1Cl. The number of nitrogens with one attached hydrogen (secondary N) is 1. The van der Waals surface area contributed by atoms with Gasteiger partial charge in [-0.15, -0.1) is 0 Å². The summed E-state index contributed by atoms with van der Waals surface area (Å²) in [6, 6.07) is 8.53. The Labute approximate surface area is 126 Å². The number of hydrogen-bond acceptors (Lipinski definition) is 3. The van der Waals surface area contributed by atoms with E-state index in [1.165, 1.54) is 6.20 Å². The molecule has 1 aromatic heterocycles. The lowest BCUT2D eigenvalue weighted by molar-refractivity contribution is -0.118. The molecule has 0 spiro atoms. The number of halogens is 2. The molecule has 0 atom stereocenters. The first-order valence-corrected chi connectivity index (χ1v) is 6.60. The molecule has 1 N–H and O–H groups in total. The molecule has 6 heteroatoms. The van der Waals surface area contributed by atoms with Crippen LogP contribution in [0.25, 0.3) is 0 Å². The Balaban J connectivity index is 1.89. The van der Waals surface area contributed by atoms with E-state index in [1.807, 2.05) is 6.92 Å². The summed E-state index contributed by atoms with van der Waals surface area (Å²) in [5.74, 6) is 0.304. The highest BCUT2D eigenvalue weighted by atomic mass is 35.5. The van der Waals surface area contributed by atoms with Crippen LogP contribution in [0.1, 0.15) is 5.56 Å². The van der Waals surface area contributed by atoms with Gasteiger partial charge in [0.05, 0.1) is 11.9 Å². The van der Waals surface area contributed by atoms with E-state index >= 15 is 0 Å². The standard InChI is InChI=1S/C14H12Cl2N2O2/c1-9-6-11(7-17-14(9)16)18-13(19)8-20-12-4-2-10(15)3-5-12/h2-7H,8H2,1H3,(H,18,19). The molecule has 0 radical (unpaired) electrons. The lowest BCUT2D eigenvalue weighted by atomic mass is 10.3. The van der Waals surface area contributed by atoms with Gasteiger partial charge in [-0.3, -0.25) is 4.79 Å². The van der Waals surface area contributed by atoms with E-state index in [2.05, 4.69) is 10.3 Å². The summed E-state index contributed by atoms with van der Waals surface area (Å²) >= 11 is 11.6. The summed E-state index contributed by atoms with van der Waals surface area (Å²) in [6.45, 7) is 1.72. The molecule has 104 valence electrons. The number of carbonyl (C=O) groups is 1. The fraction of sp³-hybridized carbons (Fsp3) is 0.143. The van der Waals surface area contributed by atoms with Gasteiger partial charge < -0.3 is 10.1 Å². The number of rotatable bonds is 4. The van der Waals surface area contributed by atoms with Crippen molar-refractivity contribution in [2.75, 3.05) is 11.9 Å². The Morgan fingerprint density at radius 2 is 2.00 bits per heavy atom. The van der Waals surface area contributed by atoms with Crippen molar-refractivity contribution in [1.82, 2.24) is 4.98 Å². The maximum absolute atomic E-state index is 11.7. The number of nitrogens with zero attached hydrogens (tertiary/aromatic N) is 1. The zero-order valence-electron chi connectivity index (χ0n) is 10.7. The Morgan fingerprint density at radius 1 is 1.30 bits per heavy atom. The quantitative estimate of drug-likeness (QED) is 0.876. The van der Waals surface area contributed by atoms with Crippen molar-refractivity contribution in [3.05, 3.63) is 52.3 Å². The van der Waals surface area contributed by atoms with E-state index < -0.39 is 0 Å². The van der Waals surface area contributed by atoms with Crippen LogP contribution in [0.15, 0.2) is 36.5 Å². The lowest BCUT2D eigenvalue weighted by Crippen LogP contribution is -2.20. The molecule has 1 amide bonds. The smallest absolute Gasteiger partial charge is 0.262 e. The minimum Gasteiger partial charge on any atom is -0.484 e. The van der Waals surface area contributed by atoms with Crippen LogP contribution in [0.4, 0.5) is 5.69 Å². The van der Waals surface area contributed by atoms with Crippen LogP contribution in [-0.4, -0.2) is 17.5 Å². The van der Waals surface area contributed by atoms with Gasteiger partial charge in [-0.25, -0.2) is 4.98 Å². The highest BCUT2D eigenvalue weighted by molar-refractivity contribution is 6.30. The van der Waals surface area contributed by atoms with Gasteiger partial charge in [0.2, 0.25) is 0 Å². The fourth-order valence-corrected chi connectivity index (χ4v) is 1.73. The Bertz CT molecular complexity index is 615. The maximum atomic E-state index is 11.7. The Morgan fingerprint density at radius 3 is 2.65 bits per heavy atom. The van der Waals surface area contributed by atoms with E-state index in [4.69, 9.17) is 27.9 Å². The molecular formula is C14H12Cl2N2O2. The number of carbonyl (C=O) groups excluding carboxylic acids is 1. The minimum absolute atomic E-state index is 0.0939. The number of hydrogen-bond donors (Lipinski definition) is 1. The number of aryl methyl sites for hydroxylation is 1. The molecule has 4 nitrogen and oxygen atoms in total. The third kappa shape index (κ3) is 4.11.